The minimum Gasteiger partial charge on any atom is -0.493 e. The Hall–Kier alpha value is -3.78. The van der Waals surface area contributed by atoms with Gasteiger partial charge in [-0.25, -0.2) is 8.42 Å². The van der Waals surface area contributed by atoms with Crippen molar-refractivity contribution in [1.82, 2.24) is 5.32 Å². The van der Waals surface area contributed by atoms with Crippen LogP contribution < -0.4 is 14.4 Å². The van der Waals surface area contributed by atoms with E-state index in [1.54, 1.807) is 55.6 Å². The minimum absolute atomic E-state index is 0.207. The maximum atomic E-state index is 12.9. The molecule has 1 heterocycles. The maximum absolute atomic E-state index is 12.9. The summed E-state index contributed by atoms with van der Waals surface area (Å²) in [4.78, 5) is 13.0. The lowest BCUT2D eigenvalue weighted by Crippen LogP contribution is -2.27. The predicted molar refractivity (Wildman–Crippen MR) is 132 cm³/mol. The zero-order valence-electron chi connectivity index (χ0n) is 19.4. The van der Waals surface area contributed by atoms with Crippen molar-refractivity contribution in [3.05, 3.63) is 89.7 Å². The number of methoxy groups -OCH3 is 1. The Bertz CT molecular complexity index is 1420. The van der Waals surface area contributed by atoms with Gasteiger partial charge in [0, 0.05) is 18.0 Å². The minimum atomic E-state index is -3.71. The van der Waals surface area contributed by atoms with E-state index in [-0.39, 0.29) is 16.8 Å². The third kappa shape index (κ3) is 4.49. The Balaban J connectivity index is 1.48. The molecular formula is C26H26N2O5S. The third-order valence-electron chi connectivity index (χ3n) is 5.69. The fourth-order valence-electron chi connectivity index (χ4n) is 3.61. The first-order chi connectivity index (χ1) is 16.2. The van der Waals surface area contributed by atoms with Gasteiger partial charge in [0.05, 0.1) is 23.7 Å². The molecule has 1 amide bonds. The number of hydrogen-bond donors (Lipinski definition) is 1. The molecule has 3 aromatic carbocycles. The fraction of sp³-hybridized carbons (Fsp3) is 0.192. The molecule has 0 bridgehead atoms. The molecule has 4 aromatic rings. The molecule has 1 N–H and O–H groups in total. The number of hydrogen-bond acceptors (Lipinski definition) is 5. The monoisotopic (exact) mass is 478 g/mol. The lowest BCUT2D eigenvalue weighted by Gasteiger charge is -2.20. The van der Waals surface area contributed by atoms with Crippen LogP contribution in [-0.4, -0.2) is 28.5 Å². The number of anilines is 1. The van der Waals surface area contributed by atoms with Gasteiger partial charge < -0.3 is 14.5 Å². The molecule has 1 unspecified atom stereocenters. The van der Waals surface area contributed by atoms with Crippen LogP contribution in [0.4, 0.5) is 5.69 Å². The second-order valence-corrected chi connectivity index (χ2v) is 10.0. The zero-order valence-corrected chi connectivity index (χ0v) is 20.2. The van der Waals surface area contributed by atoms with Crippen molar-refractivity contribution >= 4 is 32.6 Å². The van der Waals surface area contributed by atoms with Crippen LogP contribution in [0.1, 0.15) is 34.6 Å². The molecule has 8 heteroatoms. The molecule has 0 radical (unpaired) electrons. The molecule has 1 atom stereocenters. The summed E-state index contributed by atoms with van der Waals surface area (Å²) in [5.74, 6) is 0.937. The topological polar surface area (TPSA) is 88.9 Å². The number of ether oxygens (including phenoxy) is 1. The summed E-state index contributed by atoms with van der Waals surface area (Å²) < 4.78 is 38.3. The van der Waals surface area contributed by atoms with E-state index < -0.39 is 10.0 Å². The molecule has 0 saturated carbocycles. The molecule has 176 valence electrons. The van der Waals surface area contributed by atoms with Crippen molar-refractivity contribution in [2.75, 3.05) is 18.5 Å². The number of benzene rings is 3. The maximum Gasteiger partial charge on any atom is 0.264 e. The normalized spacial score (nSPS) is 12.4. The van der Waals surface area contributed by atoms with Gasteiger partial charge in [0.1, 0.15) is 5.76 Å². The Labute approximate surface area is 199 Å². The SMILES string of the molecule is COc1cccc2cc(C(C)NC(=O)c3ccc(N(C)S(=O)(=O)c4ccc(C)cc4)cc3)oc12. The van der Waals surface area contributed by atoms with Crippen molar-refractivity contribution < 1.29 is 22.4 Å². The molecule has 0 saturated heterocycles. The van der Waals surface area contributed by atoms with Crippen LogP contribution in [0.15, 0.2) is 82.1 Å². The van der Waals surface area contributed by atoms with E-state index in [1.807, 2.05) is 38.1 Å². The van der Waals surface area contributed by atoms with Crippen molar-refractivity contribution in [3.8, 4) is 5.75 Å². The van der Waals surface area contributed by atoms with Crippen LogP contribution in [0.2, 0.25) is 0 Å². The first-order valence-electron chi connectivity index (χ1n) is 10.7. The third-order valence-corrected chi connectivity index (χ3v) is 7.49. The molecule has 4 rings (SSSR count). The standard InChI is InChI=1S/C26H26N2O5S/c1-17-8-14-22(15-9-17)34(30,31)28(3)21-12-10-19(11-13-21)26(29)27-18(2)24-16-20-6-5-7-23(32-4)25(20)33-24/h5-16,18H,1-4H3,(H,27,29). The highest BCUT2D eigenvalue weighted by molar-refractivity contribution is 7.92. The second-order valence-electron chi connectivity index (χ2n) is 8.06. The first-order valence-corrected chi connectivity index (χ1v) is 12.2. The Morgan fingerprint density at radius 2 is 1.71 bits per heavy atom. The van der Waals surface area contributed by atoms with E-state index >= 15 is 0 Å². The van der Waals surface area contributed by atoms with Gasteiger partial charge in [-0.2, -0.15) is 0 Å². The van der Waals surface area contributed by atoms with Gasteiger partial charge in [0.2, 0.25) is 0 Å². The number of nitrogens with zero attached hydrogens (tertiary/aromatic N) is 1. The fourth-order valence-corrected chi connectivity index (χ4v) is 4.81. The molecule has 1 aromatic heterocycles. The summed E-state index contributed by atoms with van der Waals surface area (Å²) in [7, 11) is -0.638. The van der Waals surface area contributed by atoms with E-state index in [2.05, 4.69) is 5.32 Å². The summed E-state index contributed by atoms with van der Waals surface area (Å²) in [5, 5.41) is 3.80. The molecular weight excluding hydrogens is 452 g/mol. The van der Waals surface area contributed by atoms with Crippen molar-refractivity contribution in [2.45, 2.75) is 24.8 Å². The lowest BCUT2D eigenvalue weighted by atomic mass is 10.1. The van der Waals surface area contributed by atoms with Crippen LogP contribution in [0.25, 0.3) is 11.0 Å². The summed E-state index contributed by atoms with van der Waals surface area (Å²) in [6, 6.07) is 20.2. The summed E-state index contributed by atoms with van der Waals surface area (Å²) in [5.41, 5.74) is 2.47. The Morgan fingerprint density at radius 3 is 2.35 bits per heavy atom. The van der Waals surface area contributed by atoms with Gasteiger partial charge >= 0.3 is 0 Å². The van der Waals surface area contributed by atoms with Crippen LogP contribution in [0.5, 0.6) is 5.75 Å². The van der Waals surface area contributed by atoms with E-state index in [4.69, 9.17) is 9.15 Å². The van der Waals surface area contributed by atoms with Crippen molar-refractivity contribution in [3.63, 3.8) is 0 Å². The van der Waals surface area contributed by atoms with Crippen molar-refractivity contribution in [1.29, 1.82) is 0 Å². The van der Waals surface area contributed by atoms with E-state index in [9.17, 15) is 13.2 Å². The summed E-state index contributed by atoms with van der Waals surface area (Å²) in [6.07, 6.45) is 0. The van der Waals surface area contributed by atoms with Crippen LogP contribution in [0, 0.1) is 6.92 Å². The van der Waals surface area contributed by atoms with Gasteiger partial charge in [0.15, 0.2) is 11.3 Å². The van der Waals surface area contributed by atoms with E-state index in [1.165, 1.54) is 11.4 Å². The molecule has 0 aliphatic heterocycles. The summed E-state index contributed by atoms with van der Waals surface area (Å²) in [6.45, 7) is 3.73. The number of para-hydroxylation sites is 1. The highest BCUT2D eigenvalue weighted by Crippen LogP contribution is 2.31. The number of furan rings is 1. The lowest BCUT2D eigenvalue weighted by molar-refractivity contribution is 0.0935. The number of amides is 1. The number of aryl methyl sites for hydroxylation is 1. The van der Waals surface area contributed by atoms with Gasteiger partial charge in [-0.05, 0) is 62.4 Å². The van der Waals surface area contributed by atoms with Gasteiger partial charge in [-0.3, -0.25) is 9.10 Å². The summed E-state index contributed by atoms with van der Waals surface area (Å²) >= 11 is 0. The Morgan fingerprint density at radius 1 is 1.03 bits per heavy atom. The van der Waals surface area contributed by atoms with Gasteiger partial charge in [-0.15, -0.1) is 0 Å². The largest absolute Gasteiger partial charge is 0.493 e. The number of carbonyl (C=O) groups is 1. The number of sulfonamides is 1. The van der Waals surface area contributed by atoms with Crippen LogP contribution >= 0.6 is 0 Å². The smallest absolute Gasteiger partial charge is 0.264 e. The van der Waals surface area contributed by atoms with Crippen molar-refractivity contribution in [2.24, 2.45) is 0 Å². The predicted octanol–water partition coefficient (Wildman–Crippen LogP) is 5.07. The molecule has 0 fully saturated rings. The number of nitrogens with one attached hydrogen (secondary N) is 1. The average Bonchev–Trinajstić information content (AvgIpc) is 3.28. The average molecular weight is 479 g/mol. The molecule has 0 aliphatic rings. The molecule has 0 aliphatic carbocycles. The van der Waals surface area contributed by atoms with Crippen LogP contribution in [-0.2, 0) is 10.0 Å². The molecule has 34 heavy (non-hydrogen) atoms. The van der Waals surface area contributed by atoms with Gasteiger partial charge in [0.25, 0.3) is 15.9 Å². The highest BCUT2D eigenvalue weighted by atomic mass is 32.2. The second kappa shape index (κ2) is 9.23. The van der Waals surface area contributed by atoms with E-state index in [0.29, 0.717) is 28.3 Å². The quantitative estimate of drug-likeness (QED) is 0.401. The van der Waals surface area contributed by atoms with Crippen LogP contribution in [0.3, 0.4) is 0 Å². The molecule has 0 spiro atoms. The van der Waals surface area contributed by atoms with E-state index in [0.717, 1.165) is 10.9 Å². The number of rotatable bonds is 7. The number of carbonyl (C=O) groups excluding carboxylic acids is 1. The molecule has 7 nitrogen and oxygen atoms in total. The first kappa shape index (κ1) is 23.4. The Kier molecular flexibility index (Phi) is 6.34. The zero-order chi connectivity index (χ0) is 24.5. The number of fused-ring (bicyclic) bond motifs is 1. The van der Waals surface area contributed by atoms with Gasteiger partial charge in [-0.1, -0.05) is 29.8 Å². The highest BCUT2D eigenvalue weighted by Gasteiger charge is 2.22.